The van der Waals surface area contributed by atoms with Gasteiger partial charge in [0.2, 0.25) is 0 Å². The molecule has 0 bridgehead atoms. The van der Waals surface area contributed by atoms with Crippen molar-refractivity contribution in [1.82, 2.24) is 9.80 Å². The number of ether oxygens (including phenoxy) is 2. The molecular weight excluding hydrogens is 388 g/mol. The predicted octanol–water partition coefficient (Wildman–Crippen LogP) is 5.22. The van der Waals surface area contributed by atoms with E-state index in [1.807, 2.05) is 7.05 Å². The van der Waals surface area contributed by atoms with Crippen molar-refractivity contribution in [1.29, 1.82) is 0 Å². The molecule has 6 heteroatoms. The lowest BCUT2D eigenvalue weighted by atomic mass is 9.86. The Hall–Kier alpha value is -1.30. The van der Waals surface area contributed by atoms with E-state index in [9.17, 15) is 4.79 Å². The maximum atomic E-state index is 12.4. The van der Waals surface area contributed by atoms with Gasteiger partial charge in [0.1, 0.15) is 5.75 Å². The van der Waals surface area contributed by atoms with E-state index in [4.69, 9.17) is 21.1 Å². The Morgan fingerprint density at radius 1 is 1.10 bits per heavy atom. The Labute approximate surface area is 180 Å². The van der Waals surface area contributed by atoms with Gasteiger partial charge in [0, 0.05) is 31.3 Å². The first-order valence-corrected chi connectivity index (χ1v) is 11.5. The van der Waals surface area contributed by atoms with E-state index in [1.165, 1.54) is 38.9 Å². The average molecular weight is 423 g/mol. The molecule has 0 aromatic heterocycles. The number of hydrogen-bond donors (Lipinski definition) is 0. The van der Waals surface area contributed by atoms with E-state index in [0.29, 0.717) is 16.7 Å². The number of benzene rings is 1. The second kappa shape index (κ2) is 11.8. The summed E-state index contributed by atoms with van der Waals surface area (Å²) in [6.07, 6.45) is 9.07. The van der Waals surface area contributed by atoms with Crippen molar-refractivity contribution >= 4 is 17.7 Å². The molecule has 1 aliphatic heterocycles. The van der Waals surface area contributed by atoms with Gasteiger partial charge in [0.05, 0.1) is 0 Å². The Morgan fingerprint density at radius 3 is 2.48 bits per heavy atom. The van der Waals surface area contributed by atoms with Crippen molar-refractivity contribution in [2.24, 2.45) is 5.92 Å². The zero-order chi connectivity index (χ0) is 20.5. The van der Waals surface area contributed by atoms with Gasteiger partial charge >= 0.3 is 6.09 Å². The molecule has 1 aliphatic carbocycles. The van der Waals surface area contributed by atoms with Crippen molar-refractivity contribution in [2.45, 2.75) is 57.4 Å². The molecule has 5 nitrogen and oxygen atoms in total. The minimum absolute atomic E-state index is 0.242. The first-order valence-electron chi connectivity index (χ1n) is 11.1. The number of likely N-dealkylation sites (tertiary alicyclic amines) is 1. The van der Waals surface area contributed by atoms with Gasteiger partial charge < -0.3 is 19.3 Å². The van der Waals surface area contributed by atoms with E-state index in [2.05, 4.69) is 4.90 Å². The highest BCUT2D eigenvalue weighted by Gasteiger charge is 2.27. The number of carbonyl (C=O) groups is 1. The predicted molar refractivity (Wildman–Crippen MR) is 117 cm³/mol. The molecule has 0 radical (unpaired) electrons. The highest BCUT2D eigenvalue weighted by molar-refractivity contribution is 6.30. The lowest BCUT2D eigenvalue weighted by Gasteiger charge is -2.34. The molecule has 2 fully saturated rings. The van der Waals surface area contributed by atoms with Gasteiger partial charge in [0.15, 0.2) is 0 Å². The molecule has 0 unspecified atom stereocenters. The fourth-order valence-corrected chi connectivity index (χ4v) is 4.45. The summed E-state index contributed by atoms with van der Waals surface area (Å²) >= 11 is 5.87. The number of amides is 1. The minimum Gasteiger partial charge on any atom is -0.410 e. The van der Waals surface area contributed by atoms with Gasteiger partial charge in [-0.1, -0.05) is 11.6 Å². The third-order valence-corrected chi connectivity index (χ3v) is 6.49. The van der Waals surface area contributed by atoms with E-state index in [-0.39, 0.29) is 12.1 Å². The number of unbranched alkanes of at least 4 members (excludes halogenated alkanes) is 1. The van der Waals surface area contributed by atoms with Crippen LogP contribution in [0.3, 0.4) is 0 Å². The van der Waals surface area contributed by atoms with Crippen LogP contribution >= 0.6 is 11.6 Å². The summed E-state index contributed by atoms with van der Waals surface area (Å²) in [5, 5.41) is 0.630. The quantitative estimate of drug-likeness (QED) is 0.511. The monoisotopic (exact) mass is 422 g/mol. The first kappa shape index (κ1) is 22.4. The summed E-state index contributed by atoms with van der Waals surface area (Å²) in [4.78, 5) is 16.7. The SMILES string of the molecule is CN(C(=O)Oc1ccc(Cl)cc1)C1CCC(COCCCCN2CCCC2)CC1. The van der Waals surface area contributed by atoms with Crippen molar-refractivity contribution < 1.29 is 14.3 Å². The number of halogens is 1. The van der Waals surface area contributed by atoms with Gasteiger partial charge in [0.25, 0.3) is 0 Å². The third-order valence-electron chi connectivity index (χ3n) is 6.24. The average Bonchev–Trinajstić information content (AvgIpc) is 3.25. The van der Waals surface area contributed by atoms with Crippen molar-refractivity contribution in [3.8, 4) is 5.75 Å². The fraction of sp³-hybridized carbons (Fsp3) is 0.696. The van der Waals surface area contributed by atoms with Gasteiger partial charge in [-0.2, -0.15) is 0 Å². The lowest BCUT2D eigenvalue weighted by molar-refractivity contribution is 0.0657. The summed E-state index contributed by atoms with van der Waals surface area (Å²) in [5.41, 5.74) is 0. The summed E-state index contributed by atoms with van der Waals surface area (Å²) in [7, 11) is 1.83. The Kier molecular flexibility index (Phi) is 9.09. The third kappa shape index (κ3) is 7.47. The largest absolute Gasteiger partial charge is 0.415 e. The molecule has 1 aromatic carbocycles. The summed E-state index contributed by atoms with van der Waals surface area (Å²) in [6, 6.07) is 7.12. The van der Waals surface area contributed by atoms with E-state index in [0.717, 1.165) is 45.3 Å². The van der Waals surface area contributed by atoms with Crippen LogP contribution < -0.4 is 4.74 Å². The van der Waals surface area contributed by atoms with Crippen molar-refractivity contribution in [3.05, 3.63) is 29.3 Å². The molecule has 1 saturated heterocycles. The highest BCUT2D eigenvalue weighted by Crippen LogP contribution is 2.28. The van der Waals surface area contributed by atoms with Crippen LogP contribution in [0.25, 0.3) is 0 Å². The zero-order valence-electron chi connectivity index (χ0n) is 17.7. The maximum Gasteiger partial charge on any atom is 0.415 e. The normalized spacial score (nSPS) is 22.6. The van der Waals surface area contributed by atoms with Gasteiger partial charge in [-0.25, -0.2) is 4.79 Å². The number of nitrogens with zero attached hydrogens (tertiary/aromatic N) is 2. The Bertz CT molecular complexity index is 611. The van der Waals surface area contributed by atoms with Crippen LogP contribution in [-0.4, -0.2) is 61.8 Å². The van der Waals surface area contributed by atoms with Crippen LogP contribution in [0.5, 0.6) is 5.75 Å². The lowest BCUT2D eigenvalue weighted by Crippen LogP contribution is -2.41. The second-order valence-electron chi connectivity index (χ2n) is 8.44. The van der Waals surface area contributed by atoms with Crippen LogP contribution in [0.15, 0.2) is 24.3 Å². The minimum atomic E-state index is -0.301. The number of hydrogen-bond acceptors (Lipinski definition) is 4. The van der Waals surface area contributed by atoms with Crippen LogP contribution in [0.2, 0.25) is 5.02 Å². The Morgan fingerprint density at radius 2 is 1.79 bits per heavy atom. The number of carbonyl (C=O) groups excluding carboxylic acids is 1. The fourth-order valence-electron chi connectivity index (χ4n) is 4.32. The standard InChI is InChI=1S/C23H35ClN2O3/c1-25(23(27)29-22-12-8-20(24)9-13-22)21-10-6-19(7-11-21)18-28-17-5-4-16-26-14-2-3-15-26/h8-9,12-13,19,21H,2-7,10-11,14-18H2,1H3. The molecule has 1 heterocycles. The van der Waals surface area contributed by atoms with Crippen LogP contribution in [0.4, 0.5) is 4.79 Å². The Balaban J connectivity index is 1.26. The molecule has 3 rings (SSSR count). The smallest absolute Gasteiger partial charge is 0.410 e. The van der Waals surface area contributed by atoms with Crippen molar-refractivity contribution in [2.75, 3.05) is 39.9 Å². The van der Waals surface area contributed by atoms with Gasteiger partial charge in [-0.3, -0.25) is 0 Å². The topological polar surface area (TPSA) is 42.0 Å². The molecule has 0 atom stereocenters. The highest BCUT2D eigenvalue weighted by atomic mass is 35.5. The van der Waals surface area contributed by atoms with Crippen LogP contribution in [0, 0.1) is 5.92 Å². The second-order valence-corrected chi connectivity index (χ2v) is 8.87. The van der Waals surface area contributed by atoms with Crippen molar-refractivity contribution in [3.63, 3.8) is 0 Å². The molecule has 1 amide bonds. The van der Waals surface area contributed by atoms with Crippen LogP contribution in [0.1, 0.15) is 51.4 Å². The van der Waals surface area contributed by atoms with E-state index in [1.54, 1.807) is 29.2 Å². The van der Waals surface area contributed by atoms with Crippen LogP contribution in [-0.2, 0) is 4.74 Å². The molecule has 0 spiro atoms. The number of rotatable bonds is 9. The van der Waals surface area contributed by atoms with Gasteiger partial charge in [-0.05, 0) is 101 Å². The molecule has 29 heavy (non-hydrogen) atoms. The molecule has 0 N–H and O–H groups in total. The van der Waals surface area contributed by atoms with E-state index < -0.39 is 0 Å². The molecule has 1 aromatic rings. The summed E-state index contributed by atoms with van der Waals surface area (Å²) < 4.78 is 11.4. The summed E-state index contributed by atoms with van der Waals surface area (Å²) in [6.45, 7) is 5.53. The van der Waals surface area contributed by atoms with E-state index >= 15 is 0 Å². The molecule has 1 saturated carbocycles. The molecular formula is C23H35ClN2O3. The van der Waals surface area contributed by atoms with Gasteiger partial charge in [-0.15, -0.1) is 0 Å². The first-order chi connectivity index (χ1) is 14.1. The summed E-state index contributed by atoms with van der Waals surface area (Å²) in [5.74, 6) is 1.14. The maximum absolute atomic E-state index is 12.4. The molecule has 162 valence electrons. The molecule has 2 aliphatic rings. The zero-order valence-corrected chi connectivity index (χ0v) is 18.4.